The van der Waals surface area contributed by atoms with Crippen molar-refractivity contribution in [3.8, 4) is 0 Å². The molecule has 0 aromatic rings. The van der Waals surface area contributed by atoms with Gasteiger partial charge < -0.3 is 15.2 Å². The molecule has 104 valence electrons. The molecule has 0 aliphatic heterocycles. The van der Waals surface area contributed by atoms with Gasteiger partial charge in [-0.15, -0.1) is 0 Å². The minimum absolute atomic E-state index is 0.00937. The number of methoxy groups -OCH3 is 1. The summed E-state index contributed by atoms with van der Waals surface area (Å²) in [5, 5.41) is 0. The van der Waals surface area contributed by atoms with Gasteiger partial charge in [0.25, 0.3) is 0 Å². The first kappa shape index (κ1) is 16.6. The Balaban J connectivity index is 3.80. The fourth-order valence-corrected chi connectivity index (χ4v) is 1.08. The van der Waals surface area contributed by atoms with Crippen LogP contribution in [-0.2, 0) is 9.47 Å². The van der Waals surface area contributed by atoms with Crippen LogP contribution < -0.4 is 5.73 Å². The first-order chi connectivity index (χ1) is 7.81. The maximum atomic E-state index is 12.5. The van der Waals surface area contributed by atoms with Gasteiger partial charge in [-0.25, -0.2) is 8.78 Å². The summed E-state index contributed by atoms with van der Waals surface area (Å²) >= 11 is 0. The molecule has 2 unspecified atom stereocenters. The molecule has 2 atom stereocenters. The smallest absolute Gasteiger partial charge is 0.330 e. The van der Waals surface area contributed by atoms with Gasteiger partial charge in [-0.3, -0.25) is 0 Å². The van der Waals surface area contributed by atoms with E-state index in [-0.39, 0.29) is 12.5 Å². The quantitative estimate of drug-likeness (QED) is 0.645. The van der Waals surface area contributed by atoms with Crippen molar-refractivity contribution in [2.24, 2.45) is 11.7 Å². The normalized spacial score (nSPS) is 16.2. The first-order valence-corrected chi connectivity index (χ1v) is 5.29. The van der Waals surface area contributed by atoms with Gasteiger partial charge in [0.2, 0.25) is 0 Å². The van der Waals surface area contributed by atoms with Crippen LogP contribution in [0.5, 0.6) is 0 Å². The SMILES string of the molecule is COCCC(C)C(N)COCC(F)(F)C(F)F. The highest BCUT2D eigenvalue weighted by atomic mass is 19.3. The van der Waals surface area contributed by atoms with Gasteiger partial charge in [0, 0.05) is 19.8 Å². The van der Waals surface area contributed by atoms with E-state index in [1.54, 1.807) is 0 Å². The Bertz CT molecular complexity index is 205. The Morgan fingerprint density at radius 1 is 1.29 bits per heavy atom. The Morgan fingerprint density at radius 3 is 2.35 bits per heavy atom. The first-order valence-electron chi connectivity index (χ1n) is 5.29. The van der Waals surface area contributed by atoms with E-state index < -0.39 is 25.0 Å². The largest absolute Gasteiger partial charge is 0.385 e. The molecule has 0 fully saturated rings. The van der Waals surface area contributed by atoms with Crippen LogP contribution in [0.25, 0.3) is 0 Å². The second-order valence-corrected chi connectivity index (χ2v) is 4.00. The summed E-state index contributed by atoms with van der Waals surface area (Å²) in [5.41, 5.74) is 5.65. The van der Waals surface area contributed by atoms with E-state index in [0.717, 1.165) is 0 Å². The second kappa shape index (κ2) is 7.84. The Morgan fingerprint density at radius 2 is 1.88 bits per heavy atom. The van der Waals surface area contributed by atoms with E-state index in [0.29, 0.717) is 13.0 Å². The molecule has 0 spiro atoms. The van der Waals surface area contributed by atoms with Crippen molar-refractivity contribution in [3.05, 3.63) is 0 Å². The third-order valence-electron chi connectivity index (χ3n) is 2.43. The van der Waals surface area contributed by atoms with Gasteiger partial charge in [-0.2, -0.15) is 8.78 Å². The van der Waals surface area contributed by atoms with E-state index in [2.05, 4.69) is 4.74 Å². The highest BCUT2D eigenvalue weighted by Gasteiger charge is 2.41. The number of ether oxygens (including phenoxy) is 2. The predicted molar refractivity (Wildman–Crippen MR) is 55.4 cm³/mol. The van der Waals surface area contributed by atoms with Gasteiger partial charge in [-0.05, 0) is 12.3 Å². The average Bonchev–Trinajstić information content (AvgIpc) is 2.25. The summed E-state index contributed by atoms with van der Waals surface area (Å²) in [6.07, 6.45) is -3.06. The summed E-state index contributed by atoms with van der Waals surface area (Å²) in [6, 6.07) is -0.473. The summed E-state index contributed by atoms with van der Waals surface area (Å²) in [4.78, 5) is 0. The second-order valence-electron chi connectivity index (χ2n) is 4.00. The molecular weight excluding hydrogens is 242 g/mol. The Hall–Kier alpha value is -0.400. The fraction of sp³-hybridized carbons (Fsp3) is 1.00. The van der Waals surface area contributed by atoms with E-state index in [4.69, 9.17) is 10.5 Å². The molecule has 0 bridgehead atoms. The number of alkyl halides is 4. The number of hydrogen-bond acceptors (Lipinski definition) is 3. The third kappa shape index (κ3) is 6.80. The van der Waals surface area contributed by atoms with Crippen molar-refractivity contribution in [2.45, 2.75) is 31.7 Å². The molecule has 0 aromatic heterocycles. The lowest BCUT2D eigenvalue weighted by atomic mass is 10.0. The zero-order valence-corrected chi connectivity index (χ0v) is 9.97. The maximum absolute atomic E-state index is 12.5. The van der Waals surface area contributed by atoms with Crippen LogP contribution >= 0.6 is 0 Å². The lowest BCUT2D eigenvalue weighted by Gasteiger charge is -2.21. The highest BCUT2D eigenvalue weighted by molar-refractivity contribution is 4.71. The van der Waals surface area contributed by atoms with Gasteiger partial charge in [-0.1, -0.05) is 6.92 Å². The summed E-state index contributed by atoms with van der Waals surface area (Å²) < 4.78 is 57.9. The van der Waals surface area contributed by atoms with Crippen molar-refractivity contribution < 1.29 is 27.0 Å². The zero-order chi connectivity index (χ0) is 13.5. The number of hydrogen-bond donors (Lipinski definition) is 1. The number of rotatable bonds is 9. The molecule has 0 amide bonds. The molecule has 0 saturated carbocycles. The third-order valence-corrected chi connectivity index (χ3v) is 2.43. The molecule has 0 aromatic carbocycles. The van der Waals surface area contributed by atoms with Crippen molar-refractivity contribution in [1.29, 1.82) is 0 Å². The standard InChI is InChI=1S/C10H19F4NO2/c1-7(3-4-16-2)8(15)5-17-6-10(13,14)9(11)12/h7-9H,3-6,15H2,1-2H3. The summed E-state index contributed by atoms with van der Waals surface area (Å²) in [6.45, 7) is 0.836. The zero-order valence-electron chi connectivity index (χ0n) is 9.97. The van der Waals surface area contributed by atoms with E-state index >= 15 is 0 Å². The van der Waals surface area contributed by atoms with Crippen LogP contribution in [0.4, 0.5) is 17.6 Å². The van der Waals surface area contributed by atoms with E-state index in [9.17, 15) is 17.6 Å². The minimum Gasteiger partial charge on any atom is -0.385 e. The van der Waals surface area contributed by atoms with Crippen molar-refractivity contribution >= 4 is 0 Å². The monoisotopic (exact) mass is 261 g/mol. The lowest BCUT2D eigenvalue weighted by molar-refractivity contribution is -0.167. The molecule has 0 radical (unpaired) electrons. The molecule has 0 aliphatic carbocycles. The number of halogens is 4. The van der Waals surface area contributed by atoms with Gasteiger partial charge in [0.15, 0.2) is 0 Å². The van der Waals surface area contributed by atoms with Gasteiger partial charge in [0.05, 0.1) is 6.61 Å². The minimum atomic E-state index is -4.12. The molecule has 3 nitrogen and oxygen atoms in total. The molecule has 7 heteroatoms. The molecule has 2 N–H and O–H groups in total. The average molecular weight is 261 g/mol. The molecule has 0 rings (SSSR count). The van der Waals surface area contributed by atoms with Crippen LogP contribution in [0.1, 0.15) is 13.3 Å². The summed E-state index contributed by atoms with van der Waals surface area (Å²) in [5.74, 6) is -4.11. The molecular formula is C10H19F4NO2. The summed E-state index contributed by atoms with van der Waals surface area (Å²) in [7, 11) is 1.54. The lowest BCUT2D eigenvalue weighted by Crippen LogP contribution is -2.38. The van der Waals surface area contributed by atoms with Crippen molar-refractivity contribution in [3.63, 3.8) is 0 Å². The Kier molecular flexibility index (Phi) is 7.65. The van der Waals surface area contributed by atoms with E-state index in [1.165, 1.54) is 7.11 Å². The molecule has 0 heterocycles. The topological polar surface area (TPSA) is 44.5 Å². The fourth-order valence-electron chi connectivity index (χ4n) is 1.08. The predicted octanol–water partition coefficient (Wildman–Crippen LogP) is 1.90. The van der Waals surface area contributed by atoms with Gasteiger partial charge in [0.1, 0.15) is 6.61 Å². The Labute approximate surface area is 98.3 Å². The van der Waals surface area contributed by atoms with Crippen LogP contribution in [0.15, 0.2) is 0 Å². The van der Waals surface area contributed by atoms with Crippen LogP contribution in [0.2, 0.25) is 0 Å². The van der Waals surface area contributed by atoms with Crippen LogP contribution in [0, 0.1) is 5.92 Å². The molecule has 0 saturated heterocycles. The van der Waals surface area contributed by atoms with Crippen LogP contribution in [0.3, 0.4) is 0 Å². The highest BCUT2D eigenvalue weighted by Crippen LogP contribution is 2.23. The van der Waals surface area contributed by atoms with Crippen LogP contribution in [-0.4, -0.2) is 45.3 Å². The van der Waals surface area contributed by atoms with Crippen molar-refractivity contribution in [1.82, 2.24) is 0 Å². The van der Waals surface area contributed by atoms with Crippen molar-refractivity contribution in [2.75, 3.05) is 26.9 Å². The molecule has 17 heavy (non-hydrogen) atoms. The van der Waals surface area contributed by atoms with E-state index in [1.807, 2.05) is 6.92 Å². The van der Waals surface area contributed by atoms with Gasteiger partial charge >= 0.3 is 12.3 Å². The number of nitrogens with two attached hydrogens (primary N) is 1. The maximum Gasteiger partial charge on any atom is 0.330 e. The molecule has 0 aliphatic rings.